The van der Waals surface area contributed by atoms with E-state index in [4.69, 9.17) is 9.47 Å². The topological polar surface area (TPSA) is 108 Å². The number of rotatable bonds is 6. The number of nitro groups is 1. The number of ether oxygens (including phenoxy) is 2. The summed E-state index contributed by atoms with van der Waals surface area (Å²) in [6.07, 6.45) is 4.95. The second-order valence-electron chi connectivity index (χ2n) is 5.69. The highest BCUT2D eigenvalue weighted by Gasteiger charge is 2.26. The van der Waals surface area contributed by atoms with E-state index < -0.39 is 22.9 Å². The van der Waals surface area contributed by atoms with Crippen molar-refractivity contribution in [2.75, 3.05) is 12.4 Å². The van der Waals surface area contributed by atoms with Crippen LogP contribution in [0.3, 0.4) is 0 Å². The summed E-state index contributed by atoms with van der Waals surface area (Å²) < 4.78 is 10.1. The number of amides is 1. The highest BCUT2D eigenvalue weighted by molar-refractivity contribution is 5.97. The molecule has 0 radical (unpaired) electrons. The lowest BCUT2D eigenvalue weighted by molar-refractivity contribution is -0.384. The van der Waals surface area contributed by atoms with Crippen LogP contribution in [0.5, 0.6) is 5.75 Å². The van der Waals surface area contributed by atoms with Crippen molar-refractivity contribution in [2.45, 2.75) is 32.3 Å². The van der Waals surface area contributed by atoms with Crippen molar-refractivity contribution in [1.29, 1.82) is 0 Å². The Balaban J connectivity index is 2.02. The Kier molecular flexibility index (Phi) is 6.10. The van der Waals surface area contributed by atoms with E-state index in [1.54, 1.807) is 0 Å². The van der Waals surface area contributed by atoms with E-state index in [2.05, 4.69) is 5.32 Å². The Bertz CT molecular complexity index is 700. The lowest BCUT2D eigenvalue weighted by Crippen LogP contribution is -2.32. The first-order valence-corrected chi connectivity index (χ1v) is 7.91. The summed E-state index contributed by atoms with van der Waals surface area (Å²) in [4.78, 5) is 34.8. The summed E-state index contributed by atoms with van der Waals surface area (Å²) in [6, 6.07) is 4.07. The third kappa shape index (κ3) is 4.79. The average Bonchev–Trinajstić information content (AvgIpc) is 2.62. The first kappa shape index (κ1) is 18.4. The first-order chi connectivity index (χ1) is 11.9. The van der Waals surface area contributed by atoms with Crippen LogP contribution in [-0.2, 0) is 14.3 Å². The van der Waals surface area contributed by atoms with E-state index in [0.717, 1.165) is 6.42 Å². The molecular weight excluding hydrogens is 328 g/mol. The molecule has 1 aromatic carbocycles. The molecule has 1 aliphatic rings. The molecule has 0 saturated heterocycles. The summed E-state index contributed by atoms with van der Waals surface area (Å²) in [6.45, 7) is 1.43. The summed E-state index contributed by atoms with van der Waals surface area (Å²) in [5.74, 6) is -1.02. The number of allylic oxidation sites excluding steroid dienone is 2. The van der Waals surface area contributed by atoms with Crippen molar-refractivity contribution < 1.29 is 24.0 Å². The maximum atomic E-state index is 12.2. The van der Waals surface area contributed by atoms with Gasteiger partial charge >= 0.3 is 5.97 Å². The smallest absolute Gasteiger partial charge is 0.310 e. The van der Waals surface area contributed by atoms with Crippen LogP contribution in [0.15, 0.2) is 30.4 Å². The van der Waals surface area contributed by atoms with Crippen LogP contribution in [0.1, 0.15) is 26.2 Å². The minimum atomic E-state index is -1.06. The van der Waals surface area contributed by atoms with Gasteiger partial charge in [-0.05, 0) is 38.3 Å². The predicted molar refractivity (Wildman–Crippen MR) is 90.3 cm³/mol. The molecule has 0 spiro atoms. The number of benzene rings is 1. The van der Waals surface area contributed by atoms with Gasteiger partial charge in [0.25, 0.3) is 11.6 Å². The molecule has 1 aromatic rings. The zero-order valence-corrected chi connectivity index (χ0v) is 14.1. The molecule has 2 atom stereocenters. The lowest BCUT2D eigenvalue weighted by atomic mass is 9.95. The second-order valence-corrected chi connectivity index (χ2v) is 5.69. The molecule has 25 heavy (non-hydrogen) atoms. The molecule has 134 valence electrons. The Morgan fingerprint density at radius 3 is 2.72 bits per heavy atom. The molecule has 1 N–H and O–H groups in total. The number of nitrogens with zero attached hydrogens (tertiary/aromatic N) is 1. The SMILES string of the molecule is COc1ccc(NC(=O)[C@H](C)OC(=O)[C@H]2CC=CCC2)c([N+](=O)[O-])c1. The fourth-order valence-corrected chi connectivity index (χ4v) is 2.46. The Morgan fingerprint density at radius 1 is 1.36 bits per heavy atom. The molecule has 8 nitrogen and oxygen atoms in total. The third-order valence-electron chi connectivity index (χ3n) is 3.92. The number of hydrogen-bond donors (Lipinski definition) is 1. The Morgan fingerprint density at radius 2 is 2.12 bits per heavy atom. The van der Waals surface area contributed by atoms with Gasteiger partial charge in [0.15, 0.2) is 6.10 Å². The highest BCUT2D eigenvalue weighted by atomic mass is 16.6. The van der Waals surface area contributed by atoms with Crippen LogP contribution in [-0.4, -0.2) is 30.0 Å². The maximum Gasteiger partial charge on any atom is 0.310 e. The van der Waals surface area contributed by atoms with E-state index in [-0.39, 0.29) is 17.3 Å². The lowest BCUT2D eigenvalue weighted by Gasteiger charge is -2.19. The summed E-state index contributed by atoms with van der Waals surface area (Å²) in [5, 5.41) is 13.6. The minimum Gasteiger partial charge on any atom is -0.496 e. The third-order valence-corrected chi connectivity index (χ3v) is 3.92. The van der Waals surface area contributed by atoms with Gasteiger partial charge in [0.2, 0.25) is 0 Å². The highest BCUT2D eigenvalue weighted by Crippen LogP contribution is 2.29. The number of carbonyl (C=O) groups excluding carboxylic acids is 2. The summed E-state index contributed by atoms with van der Waals surface area (Å²) >= 11 is 0. The van der Waals surface area contributed by atoms with Gasteiger partial charge in [-0.1, -0.05) is 12.2 Å². The van der Waals surface area contributed by atoms with Gasteiger partial charge in [0.05, 0.1) is 24.0 Å². The zero-order chi connectivity index (χ0) is 18.4. The fraction of sp³-hybridized carbons (Fsp3) is 0.412. The molecule has 0 aromatic heterocycles. The van der Waals surface area contributed by atoms with Gasteiger partial charge in [-0.25, -0.2) is 0 Å². The minimum absolute atomic E-state index is 0.0132. The van der Waals surface area contributed by atoms with Crippen molar-refractivity contribution in [3.05, 3.63) is 40.5 Å². The van der Waals surface area contributed by atoms with Gasteiger partial charge in [-0.15, -0.1) is 0 Å². The molecule has 0 fully saturated rings. The van der Waals surface area contributed by atoms with Gasteiger partial charge < -0.3 is 14.8 Å². The van der Waals surface area contributed by atoms with Crippen molar-refractivity contribution >= 4 is 23.3 Å². The van der Waals surface area contributed by atoms with Crippen LogP contribution < -0.4 is 10.1 Å². The monoisotopic (exact) mass is 348 g/mol. The van der Waals surface area contributed by atoms with Crippen molar-refractivity contribution in [2.24, 2.45) is 5.92 Å². The molecule has 0 saturated carbocycles. The van der Waals surface area contributed by atoms with Crippen LogP contribution in [0, 0.1) is 16.0 Å². The number of hydrogen-bond acceptors (Lipinski definition) is 6. The normalized spacial score (nSPS) is 17.4. The van der Waals surface area contributed by atoms with E-state index in [1.807, 2.05) is 12.2 Å². The molecule has 1 amide bonds. The molecule has 8 heteroatoms. The molecule has 0 unspecified atom stereocenters. The van der Waals surface area contributed by atoms with Crippen LogP contribution in [0.2, 0.25) is 0 Å². The van der Waals surface area contributed by atoms with E-state index in [9.17, 15) is 19.7 Å². The summed E-state index contributed by atoms with van der Waals surface area (Å²) in [7, 11) is 1.39. The number of anilines is 1. The number of carbonyl (C=O) groups is 2. The van der Waals surface area contributed by atoms with Crippen molar-refractivity contribution in [3.63, 3.8) is 0 Å². The van der Waals surface area contributed by atoms with Crippen molar-refractivity contribution in [1.82, 2.24) is 0 Å². The second kappa shape index (κ2) is 8.27. The average molecular weight is 348 g/mol. The first-order valence-electron chi connectivity index (χ1n) is 7.91. The molecule has 0 heterocycles. The van der Waals surface area contributed by atoms with E-state index >= 15 is 0 Å². The van der Waals surface area contributed by atoms with Crippen molar-refractivity contribution in [3.8, 4) is 5.75 Å². The number of nitrogens with one attached hydrogen (secondary N) is 1. The largest absolute Gasteiger partial charge is 0.496 e. The Labute approximate surface area is 145 Å². The zero-order valence-electron chi connectivity index (χ0n) is 14.1. The predicted octanol–water partition coefficient (Wildman–Crippen LogP) is 2.83. The standard InChI is InChI=1S/C17H20N2O6/c1-11(25-17(21)12-6-4-3-5-7-12)16(20)18-14-9-8-13(24-2)10-15(14)19(22)23/h3-4,8-12H,5-7H2,1-2H3,(H,18,20)/t11-,12-/m0/s1. The van der Waals surface area contributed by atoms with Gasteiger partial charge in [0, 0.05) is 0 Å². The van der Waals surface area contributed by atoms with Crippen LogP contribution >= 0.6 is 0 Å². The van der Waals surface area contributed by atoms with E-state index in [0.29, 0.717) is 18.6 Å². The van der Waals surface area contributed by atoms with E-state index in [1.165, 1.54) is 32.2 Å². The molecule has 0 bridgehead atoms. The van der Waals surface area contributed by atoms with Crippen LogP contribution in [0.4, 0.5) is 11.4 Å². The molecular formula is C17H20N2O6. The number of nitro benzene ring substituents is 1. The number of esters is 1. The molecule has 0 aliphatic heterocycles. The Hall–Kier alpha value is -2.90. The summed E-state index contributed by atoms with van der Waals surface area (Å²) in [5.41, 5.74) is -0.289. The number of methoxy groups -OCH3 is 1. The van der Waals surface area contributed by atoms with Gasteiger partial charge in [-0.3, -0.25) is 19.7 Å². The quantitative estimate of drug-likeness (QED) is 0.366. The fourth-order valence-electron chi connectivity index (χ4n) is 2.46. The van der Waals surface area contributed by atoms with Gasteiger partial charge in [0.1, 0.15) is 11.4 Å². The maximum absolute atomic E-state index is 12.2. The van der Waals surface area contributed by atoms with Crippen LogP contribution in [0.25, 0.3) is 0 Å². The van der Waals surface area contributed by atoms with Gasteiger partial charge in [-0.2, -0.15) is 0 Å². The molecule has 2 rings (SSSR count). The molecule has 1 aliphatic carbocycles.